The first-order chi connectivity index (χ1) is 6.99. The summed E-state index contributed by atoms with van der Waals surface area (Å²) in [6.45, 7) is 6.73. The van der Waals surface area contributed by atoms with Crippen molar-refractivity contribution in [3.05, 3.63) is 12.2 Å². The molecule has 0 amide bonds. The van der Waals surface area contributed by atoms with E-state index in [1.807, 2.05) is 0 Å². The lowest BCUT2D eigenvalue weighted by molar-refractivity contribution is -0.152. The second-order valence-corrected chi connectivity index (χ2v) is 3.51. The van der Waals surface area contributed by atoms with Crippen molar-refractivity contribution in [3.63, 3.8) is 0 Å². The normalized spacial score (nSPS) is 11.7. The first-order valence-corrected chi connectivity index (χ1v) is 5.07. The van der Waals surface area contributed by atoms with E-state index in [2.05, 4.69) is 6.58 Å². The fourth-order valence-corrected chi connectivity index (χ4v) is 0.751. The fourth-order valence-electron chi connectivity index (χ4n) is 0.673. The van der Waals surface area contributed by atoms with Gasteiger partial charge in [-0.2, -0.15) is 0 Å². The summed E-state index contributed by atoms with van der Waals surface area (Å²) in [5.41, 5.74) is 0.302. The Balaban J connectivity index is 3.82. The molecule has 0 bridgehead atoms. The smallest absolute Gasteiger partial charge is 0.333 e. The van der Waals surface area contributed by atoms with E-state index in [1.54, 1.807) is 13.8 Å². The number of hydrogen-bond acceptors (Lipinski definition) is 4. The Morgan fingerprint density at radius 3 is 2.47 bits per heavy atom. The molecule has 15 heavy (non-hydrogen) atoms. The van der Waals surface area contributed by atoms with Gasteiger partial charge in [0.1, 0.15) is 13.2 Å². The van der Waals surface area contributed by atoms with E-state index in [0.29, 0.717) is 5.57 Å². The molecule has 0 saturated carbocycles. The Labute approximate surface area is 94.2 Å². The SMILES string of the molecule is C=C(C)C(=O)OCC(C)C(=O)OCCCl. The van der Waals surface area contributed by atoms with Crippen molar-refractivity contribution in [2.45, 2.75) is 13.8 Å². The van der Waals surface area contributed by atoms with E-state index in [9.17, 15) is 9.59 Å². The predicted octanol–water partition coefficient (Wildman–Crippen LogP) is 1.52. The fraction of sp³-hybridized carbons (Fsp3) is 0.600. The Hall–Kier alpha value is -1.03. The highest BCUT2D eigenvalue weighted by Crippen LogP contribution is 2.02. The zero-order chi connectivity index (χ0) is 11.8. The summed E-state index contributed by atoms with van der Waals surface area (Å²) in [5.74, 6) is -1.17. The molecule has 0 rings (SSSR count). The molecule has 0 aromatic heterocycles. The molecule has 0 aliphatic heterocycles. The van der Waals surface area contributed by atoms with Crippen molar-refractivity contribution < 1.29 is 19.1 Å². The number of carbonyl (C=O) groups excluding carboxylic acids is 2. The molecule has 4 nitrogen and oxygen atoms in total. The highest BCUT2D eigenvalue weighted by atomic mass is 35.5. The zero-order valence-corrected chi connectivity index (χ0v) is 9.67. The first kappa shape index (κ1) is 14.0. The van der Waals surface area contributed by atoms with Crippen LogP contribution in [0, 0.1) is 5.92 Å². The first-order valence-electron chi connectivity index (χ1n) is 4.54. The van der Waals surface area contributed by atoms with Gasteiger partial charge in [-0.15, -0.1) is 11.6 Å². The van der Waals surface area contributed by atoms with E-state index in [0.717, 1.165) is 0 Å². The lowest BCUT2D eigenvalue weighted by Gasteiger charge is -2.11. The maximum absolute atomic E-state index is 11.2. The van der Waals surface area contributed by atoms with Crippen LogP contribution in [0.25, 0.3) is 0 Å². The Bertz CT molecular complexity index is 250. The Kier molecular flexibility index (Phi) is 6.79. The Morgan fingerprint density at radius 1 is 1.40 bits per heavy atom. The molecule has 86 valence electrons. The molecular formula is C10H15ClO4. The average Bonchev–Trinajstić information content (AvgIpc) is 2.21. The summed E-state index contributed by atoms with van der Waals surface area (Å²) < 4.78 is 9.56. The standard InChI is InChI=1S/C10H15ClO4/c1-7(2)9(12)15-6-8(3)10(13)14-5-4-11/h8H,1,4-6H2,2-3H3. The van der Waals surface area contributed by atoms with Gasteiger partial charge in [-0.05, 0) is 13.8 Å². The average molecular weight is 235 g/mol. The predicted molar refractivity (Wildman–Crippen MR) is 56.6 cm³/mol. The third kappa shape index (κ3) is 6.12. The van der Waals surface area contributed by atoms with Crippen molar-refractivity contribution in [2.24, 2.45) is 5.92 Å². The van der Waals surface area contributed by atoms with E-state index >= 15 is 0 Å². The summed E-state index contributed by atoms with van der Waals surface area (Å²) in [5, 5.41) is 0. The molecule has 0 fully saturated rings. The van der Waals surface area contributed by atoms with Gasteiger partial charge in [0.05, 0.1) is 11.8 Å². The van der Waals surface area contributed by atoms with Crippen LogP contribution in [0.2, 0.25) is 0 Å². The van der Waals surface area contributed by atoms with Crippen LogP contribution in [0.4, 0.5) is 0 Å². The third-order valence-electron chi connectivity index (χ3n) is 1.54. The number of esters is 2. The zero-order valence-electron chi connectivity index (χ0n) is 8.92. The topological polar surface area (TPSA) is 52.6 Å². The highest BCUT2D eigenvalue weighted by molar-refractivity contribution is 6.18. The van der Waals surface area contributed by atoms with Crippen molar-refractivity contribution in [1.82, 2.24) is 0 Å². The molecule has 0 N–H and O–H groups in total. The van der Waals surface area contributed by atoms with Crippen molar-refractivity contribution in [1.29, 1.82) is 0 Å². The van der Waals surface area contributed by atoms with Crippen LogP contribution in [0.3, 0.4) is 0 Å². The van der Waals surface area contributed by atoms with E-state index in [-0.39, 0.29) is 19.1 Å². The van der Waals surface area contributed by atoms with Crippen LogP contribution >= 0.6 is 11.6 Å². The van der Waals surface area contributed by atoms with Gasteiger partial charge in [-0.3, -0.25) is 4.79 Å². The summed E-state index contributed by atoms with van der Waals surface area (Å²) in [6.07, 6.45) is 0. The van der Waals surface area contributed by atoms with Crippen LogP contribution < -0.4 is 0 Å². The molecule has 0 spiro atoms. The summed E-state index contributed by atoms with van der Waals surface area (Å²) in [7, 11) is 0. The maximum atomic E-state index is 11.2. The van der Waals surface area contributed by atoms with Crippen LogP contribution in [-0.2, 0) is 19.1 Å². The molecule has 0 aliphatic rings. The molecule has 0 saturated heterocycles. The molecule has 0 radical (unpaired) electrons. The van der Waals surface area contributed by atoms with Crippen LogP contribution in [0.15, 0.2) is 12.2 Å². The maximum Gasteiger partial charge on any atom is 0.333 e. The number of carbonyl (C=O) groups is 2. The molecule has 1 atom stereocenters. The van der Waals surface area contributed by atoms with Crippen LogP contribution in [-0.4, -0.2) is 31.0 Å². The molecule has 0 aliphatic carbocycles. The van der Waals surface area contributed by atoms with Gasteiger partial charge in [-0.1, -0.05) is 6.58 Å². The summed E-state index contributed by atoms with van der Waals surface area (Å²) in [6, 6.07) is 0. The van der Waals surface area contributed by atoms with Gasteiger partial charge in [0.25, 0.3) is 0 Å². The number of alkyl halides is 1. The monoisotopic (exact) mass is 234 g/mol. The molecule has 0 aromatic carbocycles. The molecular weight excluding hydrogens is 220 g/mol. The molecule has 5 heteroatoms. The lowest BCUT2D eigenvalue weighted by Crippen LogP contribution is -2.22. The van der Waals surface area contributed by atoms with Crippen LogP contribution in [0.5, 0.6) is 0 Å². The number of rotatable bonds is 6. The van der Waals surface area contributed by atoms with E-state index < -0.39 is 17.9 Å². The molecule has 1 unspecified atom stereocenters. The summed E-state index contributed by atoms with van der Waals surface area (Å²) >= 11 is 5.35. The number of ether oxygens (including phenoxy) is 2. The van der Waals surface area contributed by atoms with Gasteiger partial charge >= 0.3 is 11.9 Å². The quantitative estimate of drug-likeness (QED) is 0.397. The van der Waals surface area contributed by atoms with Crippen molar-refractivity contribution in [3.8, 4) is 0 Å². The van der Waals surface area contributed by atoms with Gasteiger partial charge in [0, 0.05) is 5.57 Å². The lowest BCUT2D eigenvalue weighted by atomic mass is 10.2. The van der Waals surface area contributed by atoms with Gasteiger partial charge in [-0.25, -0.2) is 4.79 Å². The van der Waals surface area contributed by atoms with Gasteiger partial charge < -0.3 is 9.47 Å². The van der Waals surface area contributed by atoms with Crippen molar-refractivity contribution in [2.75, 3.05) is 19.1 Å². The number of hydrogen-bond donors (Lipinski definition) is 0. The third-order valence-corrected chi connectivity index (χ3v) is 1.69. The largest absolute Gasteiger partial charge is 0.464 e. The second-order valence-electron chi connectivity index (χ2n) is 3.14. The second kappa shape index (κ2) is 7.29. The van der Waals surface area contributed by atoms with E-state index in [4.69, 9.17) is 21.1 Å². The summed E-state index contributed by atoms with van der Waals surface area (Å²) in [4.78, 5) is 22.2. The highest BCUT2D eigenvalue weighted by Gasteiger charge is 2.16. The minimum absolute atomic E-state index is 0.00713. The minimum Gasteiger partial charge on any atom is -0.464 e. The molecule has 0 heterocycles. The van der Waals surface area contributed by atoms with Gasteiger partial charge in [0.2, 0.25) is 0 Å². The van der Waals surface area contributed by atoms with E-state index in [1.165, 1.54) is 0 Å². The molecule has 0 aromatic rings. The number of halogens is 1. The van der Waals surface area contributed by atoms with Crippen LogP contribution in [0.1, 0.15) is 13.8 Å². The van der Waals surface area contributed by atoms with Crippen molar-refractivity contribution >= 4 is 23.5 Å². The Morgan fingerprint density at radius 2 is 2.00 bits per heavy atom. The van der Waals surface area contributed by atoms with Gasteiger partial charge in [0.15, 0.2) is 0 Å². The minimum atomic E-state index is -0.507.